The molecule has 3 aromatic rings. The maximum atomic E-state index is 12.4. The van der Waals surface area contributed by atoms with Crippen LogP contribution in [0.3, 0.4) is 0 Å². The highest BCUT2D eigenvalue weighted by Gasteiger charge is 2.24. The summed E-state index contributed by atoms with van der Waals surface area (Å²) in [7, 11) is 8.62. The fourth-order valence-corrected chi connectivity index (χ4v) is 5.56. The Balaban J connectivity index is 1.75. The lowest BCUT2D eigenvalue weighted by molar-refractivity contribution is -0.111. The van der Waals surface area contributed by atoms with Gasteiger partial charge in [-0.2, -0.15) is 0 Å². The molecule has 0 radical (unpaired) electrons. The molecule has 0 bridgehead atoms. The van der Waals surface area contributed by atoms with Crippen molar-refractivity contribution >= 4 is 69.8 Å². The molecule has 13 heteroatoms. The third-order valence-electron chi connectivity index (χ3n) is 7.37. The van der Waals surface area contributed by atoms with Crippen LogP contribution in [0.5, 0.6) is 11.5 Å². The van der Waals surface area contributed by atoms with E-state index in [0.29, 0.717) is 46.4 Å². The van der Waals surface area contributed by atoms with Gasteiger partial charge in [-0.05, 0) is 43.8 Å². The number of pyridine rings is 1. The fraction of sp³-hybridized carbons (Fsp3) is 0.312. The first-order valence-electron chi connectivity index (χ1n) is 14.1. The number of nitrogens with zero attached hydrogens (tertiary/aromatic N) is 5. The van der Waals surface area contributed by atoms with Gasteiger partial charge in [-0.1, -0.05) is 29.8 Å². The smallest absolute Gasteiger partial charge is 0.247 e. The summed E-state index contributed by atoms with van der Waals surface area (Å²) in [6.45, 7) is 9.17. The molecule has 4 rings (SSSR count). The molecule has 1 fully saturated rings. The number of benzene rings is 2. The van der Waals surface area contributed by atoms with Crippen LogP contribution < -0.4 is 25.0 Å². The molecular formula is C32H37Cl2N7O4. The molecule has 0 aliphatic carbocycles. The number of piperazine rings is 1. The number of halogens is 2. The van der Waals surface area contributed by atoms with Gasteiger partial charge in [0, 0.05) is 57.6 Å². The highest BCUT2D eigenvalue weighted by molar-refractivity contribution is 6.42. The predicted molar refractivity (Wildman–Crippen MR) is 182 cm³/mol. The Labute approximate surface area is 273 Å². The van der Waals surface area contributed by atoms with Gasteiger partial charge in [-0.15, -0.1) is 0 Å². The van der Waals surface area contributed by atoms with Gasteiger partial charge in [0.1, 0.15) is 23.2 Å². The van der Waals surface area contributed by atoms with Crippen LogP contribution in [-0.2, 0) is 4.79 Å². The number of aliphatic imine (C=N–C) groups is 1. The normalized spacial score (nSPS) is 13.7. The maximum Gasteiger partial charge on any atom is 0.247 e. The number of hydrogen-bond acceptors (Lipinski definition) is 9. The Morgan fingerprint density at radius 3 is 2.27 bits per heavy atom. The minimum Gasteiger partial charge on any atom is -0.495 e. The summed E-state index contributed by atoms with van der Waals surface area (Å²) in [6, 6.07) is 7.17. The molecule has 0 spiro atoms. The first kappa shape index (κ1) is 33.6. The molecule has 11 nitrogen and oxygen atoms in total. The summed E-state index contributed by atoms with van der Waals surface area (Å²) in [5.41, 5.74) is 4.01. The number of amidine groups is 1. The zero-order chi connectivity index (χ0) is 32.8. The van der Waals surface area contributed by atoms with E-state index in [1.807, 2.05) is 13.0 Å². The van der Waals surface area contributed by atoms with E-state index >= 15 is 0 Å². The molecule has 2 N–H and O–H groups in total. The van der Waals surface area contributed by atoms with Crippen LogP contribution in [0.25, 0.3) is 0 Å². The minimum atomic E-state index is -0.345. The number of ether oxygens (including phenoxy) is 2. The number of likely N-dealkylation sites (N-methyl/N-ethyl adjacent to an activating group) is 1. The molecule has 1 saturated heterocycles. The summed E-state index contributed by atoms with van der Waals surface area (Å²) in [5.74, 6) is 1.10. The van der Waals surface area contributed by atoms with Gasteiger partial charge in [0.05, 0.1) is 53.1 Å². The van der Waals surface area contributed by atoms with Crippen LogP contribution in [0.4, 0.5) is 28.6 Å². The molecule has 0 unspecified atom stereocenters. The number of carbonyl (C=O) groups is 2. The number of nitrogens with one attached hydrogen (secondary N) is 2. The van der Waals surface area contributed by atoms with Gasteiger partial charge in [0.15, 0.2) is 6.29 Å². The summed E-state index contributed by atoms with van der Waals surface area (Å²) in [4.78, 5) is 40.3. The summed E-state index contributed by atoms with van der Waals surface area (Å²) < 4.78 is 10.8. The van der Waals surface area contributed by atoms with Crippen LogP contribution in [0, 0.1) is 6.92 Å². The van der Waals surface area contributed by atoms with E-state index in [0.717, 1.165) is 37.4 Å². The first-order chi connectivity index (χ1) is 21.5. The number of amides is 1. The van der Waals surface area contributed by atoms with E-state index in [1.165, 1.54) is 26.5 Å². The maximum absolute atomic E-state index is 12.4. The molecular weight excluding hydrogens is 617 g/mol. The lowest BCUT2D eigenvalue weighted by Crippen LogP contribution is -2.44. The van der Waals surface area contributed by atoms with E-state index in [2.05, 4.69) is 45.1 Å². The lowest BCUT2D eigenvalue weighted by atomic mass is 10.1. The summed E-state index contributed by atoms with van der Waals surface area (Å²) in [5, 5.41) is 6.67. The Hall–Kier alpha value is -4.32. The summed E-state index contributed by atoms with van der Waals surface area (Å²) in [6.07, 6.45) is 3.39. The monoisotopic (exact) mass is 653 g/mol. The minimum absolute atomic E-state index is 0.235. The number of aryl methyl sites for hydroxylation is 1. The predicted octanol–water partition coefficient (Wildman–Crippen LogP) is 5.79. The second-order valence-electron chi connectivity index (χ2n) is 10.7. The Morgan fingerprint density at radius 1 is 1.07 bits per heavy atom. The van der Waals surface area contributed by atoms with E-state index < -0.39 is 0 Å². The second-order valence-corrected chi connectivity index (χ2v) is 11.4. The molecule has 45 heavy (non-hydrogen) atoms. The van der Waals surface area contributed by atoms with Crippen LogP contribution in [0.1, 0.15) is 21.5 Å². The Bertz CT molecular complexity index is 1610. The number of anilines is 4. The van der Waals surface area contributed by atoms with Gasteiger partial charge in [-0.3, -0.25) is 9.59 Å². The average molecular weight is 655 g/mol. The zero-order valence-electron chi connectivity index (χ0n) is 26.2. The number of aromatic nitrogens is 1. The van der Waals surface area contributed by atoms with Crippen molar-refractivity contribution in [2.45, 2.75) is 6.92 Å². The fourth-order valence-electron chi connectivity index (χ4n) is 4.89. The molecule has 0 saturated carbocycles. The van der Waals surface area contributed by atoms with Crippen LogP contribution >= 0.6 is 23.2 Å². The number of rotatable bonds is 10. The topological polar surface area (TPSA) is 112 Å². The van der Waals surface area contributed by atoms with Gasteiger partial charge >= 0.3 is 0 Å². The van der Waals surface area contributed by atoms with Crippen molar-refractivity contribution in [1.82, 2.24) is 14.8 Å². The highest BCUT2D eigenvalue weighted by atomic mass is 35.5. The number of aldehydes is 1. The van der Waals surface area contributed by atoms with Crippen molar-refractivity contribution in [2.75, 3.05) is 77.1 Å². The van der Waals surface area contributed by atoms with Crippen molar-refractivity contribution in [2.24, 2.45) is 4.99 Å². The molecule has 1 aromatic heterocycles. The largest absolute Gasteiger partial charge is 0.495 e. The molecule has 0 atom stereocenters. The lowest BCUT2D eigenvalue weighted by Gasteiger charge is -2.34. The molecule has 1 aliphatic rings. The standard InChI is InChI=1S/C32H37Cl2N7O4/c1-8-27(43)36-22-15-21(41-11-9-40(5)10-12-41)13-19(2)31(22)38-26-14-20(18-42)23(17-35-26)37-32(39(3)4)28-29(33)24(44-6)16-25(45-7)30(28)34/h8,13-18H,1,9-12H2,2-7H3,(H,35,38)(H,36,43)/b37-32-. The number of methoxy groups -OCH3 is 2. The van der Waals surface area contributed by atoms with Crippen LogP contribution in [-0.4, -0.2) is 94.4 Å². The molecule has 1 aliphatic heterocycles. The van der Waals surface area contributed by atoms with Crippen molar-refractivity contribution in [3.8, 4) is 11.5 Å². The highest BCUT2D eigenvalue weighted by Crippen LogP contribution is 2.42. The third kappa shape index (κ3) is 7.50. The van der Waals surface area contributed by atoms with Gasteiger partial charge in [0.25, 0.3) is 0 Å². The van der Waals surface area contributed by atoms with Gasteiger partial charge in [0.2, 0.25) is 5.91 Å². The third-order valence-corrected chi connectivity index (χ3v) is 8.12. The molecule has 2 heterocycles. The quantitative estimate of drug-likeness (QED) is 0.122. The number of hydrogen-bond donors (Lipinski definition) is 2. The van der Waals surface area contributed by atoms with Crippen LogP contribution in [0.2, 0.25) is 10.0 Å². The Morgan fingerprint density at radius 2 is 1.71 bits per heavy atom. The SMILES string of the molecule is C=CC(=O)Nc1cc(N2CCN(C)CC2)cc(C)c1Nc1cc(C=O)c(/N=C(/c2c(Cl)c(OC)cc(OC)c2Cl)N(C)C)cn1. The van der Waals surface area contributed by atoms with Crippen molar-refractivity contribution in [1.29, 1.82) is 0 Å². The van der Waals surface area contributed by atoms with Gasteiger partial charge < -0.3 is 34.8 Å². The van der Waals surface area contributed by atoms with Crippen molar-refractivity contribution in [3.63, 3.8) is 0 Å². The van der Waals surface area contributed by atoms with Gasteiger partial charge in [-0.25, -0.2) is 9.98 Å². The molecule has 238 valence electrons. The van der Waals surface area contributed by atoms with Crippen molar-refractivity contribution in [3.05, 3.63) is 69.9 Å². The number of carbonyl (C=O) groups excluding carboxylic acids is 2. The second kappa shape index (κ2) is 14.6. The Kier molecular flexibility index (Phi) is 10.9. The molecule has 2 aromatic carbocycles. The van der Waals surface area contributed by atoms with Crippen LogP contribution in [0.15, 0.2) is 48.1 Å². The zero-order valence-corrected chi connectivity index (χ0v) is 27.7. The average Bonchev–Trinajstić information content (AvgIpc) is 3.02. The van der Waals surface area contributed by atoms with E-state index in [9.17, 15) is 9.59 Å². The molecule has 1 amide bonds. The van der Waals surface area contributed by atoms with E-state index in [-0.39, 0.29) is 27.2 Å². The van der Waals surface area contributed by atoms with E-state index in [4.69, 9.17) is 37.7 Å². The first-order valence-corrected chi connectivity index (χ1v) is 14.9. The van der Waals surface area contributed by atoms with E-state index in [1.54, 1.807) is 31.1 Å². The van der Waals surface area contributed by atoms with Crippen molar-refractivity contribution < 1.29 is 19.1 Å². The summed E-state index contributed by atoms with van der Waals surface area (Å²) >= 11 is 13.3.